The number of thiophene rings is 1. The summed E-state index contributed by atoms with van der Waals surface area (Å²) in [6.07, 6.45) is 0.105. The van der Waals surface area contributed by atoms with Gasteiger partial charge in [-0.1, -0.05) is 0 Å². The molecular formula is C14H20N4O2S. The molecule has 114 valence electrons. The standard InChI is InChI=1S/C14H20N4O2S/c1-7-5-18(6-8(2)20-7)13(19)12-11(15)10-9(3)16-17(4)14(10)21-12/h7-8H,5-6,15H2,1-4H3. The van der Waals surface area contributed by atoms with Crippen LogP contribution in [0.25, 0.3) is 10.2 Å². The molecule has 1 aliphatic heterocycles. The van der Waals surface area contributed by atoms with E-state index in [0.717, 1.165) is 15.9 Å². The fraction of sp³-hybridized carbons (Fsp3) is 0.571. The van der Waals surface area contributed by atoms with Crippen molar-refractivity contribution in [3.05, 3.63) is 10.6 Å². The van der Waals surface area contributed by atoms with Crippen molar-refractivity contribution < 1.29 is 9.53 Å². The number of rotatable bonds is 1. The number of morpholine rings is 1. The fourth-order valence-corrected chi connectivity index (χ4v) is 4.13. The fourth-order valence-electron chi connectivity index (χ4n) is 2.98. The molecule has 2 unspecified atom stereocenters. The molecule has 2 atom stereocenters. The number of carbonyl (C=O) groups excluding carboxylic acids is 1. The summed E-state index contributed by atoms with van der Waals surface area (Å²) in [6, 6.07) is 0. The van der Waals surface area contributed by atoms with Crippen LogP contribution in [0.5, 0.6) is 0 Å². The Morgan fingerprint density at radius 3 is 2.57 bits per heavy atom. The van der Waals surface area contributed by atoms with Crippen molar-refractivity contribution in [3.8, 4) is 0 Å². The molecule has 0 bridgehead atoms. The zero-order chi connectivity index (χ0) is 15.3. The molecule has 0 spiro atoms. The highest BCUT2D eigenvalue weighted by atomic mass is 32.1. The summed E-state index contributed by atoms with van der Waals surface area (Å²) in [6.45, 7) is 7.09. The molecular weight excluding hydrogens is 288 g/mol. The predicted octanol–water partition coefficient (Wildman–Crippen LogP) is 1.77. The van der Waals surface area contributed by atoms with Gasteiger partial charge in [0.15, 0.2) is 0 Å². The summed E-state index contributed by atoms with van der Waals surface area (Å²) in [5.41, 5.74) is 7.63. The number of hydrogen-bond donors (Lipinski definition) is 1. The highest BCUT2D eigenvalue weighted by molar-refractivity contribution is 7.21. The minimum atomic E-state index is -0.00454. The Balaban J connectivity index is 1.98. The van der Waals surface area contributed by atoms with Gasteiger partial charge in [0.2, 0.25) is 0 Å². The quantitative estimate of drug-likeness (QED) is 0.871. The van der Waals surface area contributed by atoms with Crippen LogP contribution in [0.1, 0.15) is 29.2 Å². The molecule has 7 heteroatoms. The third-order valence-electron chi connectivity index (χ3n) is 3.78. The zero-order valence-corrected chi connectivity index (χ0v) is 13.5. The number of nitrogen functional groups attached to an aromatic ring is 1. The Kier molecular flexibility index (Phi) is 3.41. The predicted molar refractivity (Wildman–Crippen MR) is 83.7 cm³/mol. The van der Waals surface area contributed by atoms with Crippen molar-refractivity contribution in [1.29, 1.82) is 0 Å². The summed E-state index contributed by atoms with van der Waals surface area (Å²) in [5.74, 6) is -0.00454. The van der Waals surface area contributed by atoms with Gasteiger partial charge >= 0.3 is 0 Å². The molecule has 21 heavy (non-hydrogen) atoms. The van der Waals surface area contributed by atoms with Gasteiger partial charge < -0.3 is 15.4 Å². The van der Waals surface area contributed by atoms with Crippen LogP contribution in [-0.2, 0) is 11.8 Å². The van der Waals surface area contributed by atoms with E-state index < -0.39 is 0 Å². The maximum Gasteiger partial charge on any atom is 0.266 e. The van der Waals surface area contributed by atoms with E-state index in [2.05, 4.69) is 5.10 Å². The lowest BCUT2D eigenvalue weighted by Crippen LogP contribution is -2.48. The maximum atomic E-state index is 12.8. The van der Waals surface area contributed by atoms with Crippen molar-refractivity contribution in [2.45, 2.75) is 33.0 Å². The van der Waals surface area contributed by atoms with Crippen LogP contribution in [0.15, 0.2) is 0 Å². The second kappa shape index (κ2) is 4.99. The lowest BCUT2D eigenvalue weighted by atomic mass is 10.2. The van der Waals surface area contributed by atoms with Crippen molar-refractivity contribution in [3.63, 3.8) is 0 Å². The molecule has 0 radical (unpaired) electrons. The van der Waals surface area contributed by atoms with E-state index in [4.69, 9.17) is 10.5 Å². The average Bonchev–Trinajstić information content (AvgIpc) is 2.87. The van der Waals surface area contributed by atoms with Gasteiger partial charge in [0.05, 0.1) is 29.0 Å². The average molecular weight is 308 g/mol. The first-order chi connectivity index (χ1) is 9.88. The molecule has 1 fully saturated rings. The van der Waals surface area contributed by atoms with Gasteiger partial charge in [-0.2, -0.15) is 5.10 Å². The number of nitrogens with zero attached hydrogens (tertiary/aromatic N) is 3. The van der Waals surface area contributed by atoms with Crippen LogP contribution in [-0.4, -0.2) is 45.9 Å². The van der Waals surface area contributed by atoms with Crippen LogP contribution in [0.3, 0.4) is 0 Å². The second-order valence-electron chi connectivity index (χ2n) is 5.70. The van der Waals surface area contributed by atoms with Gasteiger partial charge in [-0.3, -0.25) is 9.48 Å². The first-order valence-electron chi connectivity index (χ1n) is 7.04. The lowest BCUT2D eigenvalue weighted by molar-refractivity contribution is -0.0584. The second-order valence-corrected chi connectivity index (χ2v) is 6.70. The number of amides is 1. The first kappa shape index (κ1) is 14.3. The minimum Gasteiger partial charge on any atom is -0.397 e. The number of carbonyl (C=O) groups is 1. The number of hydrogen-bond acceptors (Lipinski definition) is 5. The SMILES string of the molecule is Cc1nn(C)c2sc(C(=O)N3CC(C)OC(C)C3)c(N)c12. The largest absolute Gasteiger partial charge is 0.397 e. The number of ether oxygens (including phenoxy) is 1. The highest BCUT2D eigenvalue weighted by Gasteiger charge is 2.30. The smallest absolute Gasteiger partial charge is 0.266 e. The molecule has 1 aliphatic rings. The van der Waals surface area contributed by atoms with Crippen molar-refractivity contribution in [2.24, 2.45) is 7.05 Å². The number of aromatic nitrogens is 2. The third-order valence-corrected chi connectivity index (χ3v) is 5.04. The lowest BCUT2D eigenvalue weighted by Gasteiger charge is -2.35. The molecule has 0 aliphatic carbocycles. The molecule has 3 heterocycles. The normalized spacial score (nSPS) is 23.0. The van der Waals surface area contributed by atoms with E-state index >= 15 is 0 Å². The molecule has 2 aromatic rings. The number of nitrogens with two attached hydrogens (primary N) is 1. The van der Waals surface area contributed by atoms with E-state index in [1.807, 2.05) is 32.7 Å². The summed E-state index contributed by atoms with van der Waals surface area (Å²) in [5, 5.41) is 5.25. The molecule has 1 amide bonds. The molecule has 6 nitrogen and oxygen atoms in total. The van der Waals surface area contributed by atoms with Crippen molar-refractivity contribution in [1.82, 2.24) is 14.7 Å². The van der Waals surface area contributed by atoms with Crippen LogP contribution in [0.2, 0.25) is 0 Å². The topological polar surface area (TPSA) is 73.4 Å². The van der Waals surface area contributed by atoms with E-state index in [9.17, 15) is 4.79 Å². The summed E-state index contributed by atoms with van der Waals surface area (Å²) in [4.78, 5) is 16.2. The summed E-state index contributed by atoms with van der Waals surface area (Å²) >= 11 is 1.42. The van der Waals surface area contributed by atoms with Gasteiger partial charge in [0.25, 0.3) is 5.91 Å². The zero-order valence-electron chi connectivity index (χ0n) is 12.7. The first-order valence-corrected chi connectivity index (χ1v) is 7.86. The van der Waals surface area contributed by atoms with Gasteiger partial charge in [-0.05, 0) is 20.8 Å². The Morgan fingerprint density at radius 2 is 2.00 bits per heavy atom. The molecule has 0 saturated carbocycles. The monoisotopic (exact) mass is 308 g/mol. The number of aryl methyl sites for hydroxylation is 2. The Bertz CT molecular complexity index is 695. The van der Waals surface area contributed by atoms with Crippen LogP contribution in [0.4, 0.5) is 5.69 Å². The Hall–Kier alpha value is -1.60. The minimum absolute atomic E-state index is 0.00454. The maximum absolute atomic E-state index is 12.8. The molecule has 0 aromatic carbocycles. The van der Waals surface area contributed by atoms with Crippen molar-refractivity contribution >= 4 is 33.1 Å². The third kappa shape index (κ3) is 2.30. The van der Waals surface area contributed by atoms with Gasteiger partial charge in [-0.15, -0.1) is 11.3 Å². The van der Waals surface area contributed by atoms with Gasteiger partial charge in [0.1, 0.15) is 9.71 Å². The van der Waals surface area contributed by atoms with Crippen molar-refractivity contribution in [2.75, 3.05) is 18.8 Å². The van der Waals surface area contributed by atoms with Crippen LogP contribution >= 0.6 is 11.3 Å². The van der Waals surface area contributed by atoms with Crippen LogP contribution < -0.4 is 5.73 Å². The molecule has 2 N–H and O–H groups in total. The molecule has 3 rings (SSSR count). The summed E-state index contributed by atoms with van der Waals surface area (Å²) in [7, 11) is 1.87. The van der Waals surface area contributed by atoms with E-state index in [0.29, 0.717) is 23.7 Å². The Labute approximate surface area is 127 Å². The van der Waals surface area contributed by atoms with Gasteiger partial charge in [0, 0.05) is 20.1 Å². The van der Waals surface area contributed by atoms with E-state index in [1.165, 1.54) is 11.3 Å². The summed E-state index contributed by atoms with van der Waals surface area (Å²) < 4.78 is 7.46. The Morgan fingerprint density at radius 1 is 1.38 bits per heavy atom. The number of fused-ring (bicyclic) bond motifs is 1. The van der Waals surface area contributed by atoms with Gasteiger partial charge in [-0.25, -0.2) is 0 Å². The highest BCUT2D eigenvalue weighted by Crippen LogP contribution is 2.36. The van der Waals surface area contributed by atoms with E-state index in [-0.39, 0.29) is 18.1 Å². The van der Waals surface area contributed by atoms with E-state index in [1.54, 1.807) is 4.68 Å². The molecule has 2 aromatic heterocycles. The number of anilines is 1. The molecule has 1 saturated heterocycles. The van der Waals surface area contributed by atoms with Crippen LogP contribution in [0, 0.1) is 6.92 Å².